The highest BCUT2D eigenvalue weighted by Crippen LogP contribution is 2.13. The van der Waals surface area contributed by atoms with E-state index in [0.717, 1.165) is 17.8 Å². The average Bonchev–Trinajstić information content (AvgIpc) is 2.41. The Bertz CT molecular complexity index is 631. The zero-order valence-corrected chi connectivity index (χ0v) is 11.7. The third-order valence-electron chi connectivity index (χ3n) is 2.83. The van der Waals surface area contributed by atoms with Crippen LogP contribution in [0.1, 0.15) is 21.5 Å². The first-order chi connectivity index (χ1) is 9.56. The molecular weight excluding hydrogens is 279 g/mol. The SMILES string of the molecule is Cc1cccc(CCNC(=O)c2cc(F)cnc2Cl)c1. The van der Waals surface area contributed by atoms with E-state index in [1.165, 1.54) is 5.56 Å². The van der Waals surface area contributed by atoms with Crippen LogP contribution in [-0.2, 0) is 6.42 Å². The van der Waals surface area contributed by atoms with Gasteiger partial charge >= 0.3 is 0 Å². The van der Waals surface area contributed by atoms with E-state index in [4.69, 9.17) is 11.6 Å². The van der Waals surface area contributed by atoms with Crippen LogP contribution in [0.15, 0.2) is 36.5 Å². The van der Waals surface area contributed by atoms with Gasteiger partial charge in [-0.25, -0.2) is 9.37 Å². The van der Waals surface area contributed by atoms with Crippen molar-refractivity contribution in [1.82, 2.24) is 10.3 Å². The molecule has 1 amide bonds. The molecule has 0 saturated carbocycles. The smallest absolute Gasteiger partial charge is 0.254 e. The summed E-state index contributed by atoms with van der Waals surface area (Å²) in [7, 11) is 0. The number of pyridine rings is 1. The van der Waals surface area contributed by atoms with Gasteiger partial charge < -0.3 is 5.32 Å². The summed E-state index contributed by atoms with van der Waals surface area (Å²) in [6, 6.07) is 9.12. The maximum absolute atomic E-state index is 13.0. The molecule has 2 aromatic rings. The van der Waals surface area contributed by atoms with Gasteiger partial charge in [0.15, 0.2) is 0 Å². The van der Waals surface area contributed by atoms with Crippen LogP contribution in [0.2, 0.25) is 5.15 Å². The Balaban J connectivity index is 1.94. The lowest BCUT2D eigenvalue weighted by molar-refractivity contribution is 0.0953. The second-order valence-corrected chi connectivity index (χ2v) is 4.84. The number of hydrogen-bond donors (Lipinski definition) is 1. The summed E-state index contributed by atoms with van der Waals surface area (Å²) in [4.78, 5) is 15.5. The monoisotopic (exact) mass is 292 g/mol. The van der Waals surface area contributed by atoms with Gasteiger partial charge in [-0.1, -0.05) is 41.4 Å². The van der Waals surface area contributed by atoms with Crippen LogP contribution in [0.3, 0.4) is 0 Å². The molecule has 3 nitrogen and oxygen atoms in total. The molecule has 0 atom stereocenters. The zero-order chi connectivity index (χ0) is 14.5. The highest BCUT2D eigenvalue weighted by atomic mass is 35.5. The van der Waals surface area contributed by atoms with Gasteiger partial charge in [0.2, 0.25) is 0 Å². The molecule has 1 aromatic heterocycles. The maximum Gasteiger partial charge on any atom is 0.254 e. The average molecular weight is 293 g/mol. The molecule has 0 spiro atoms. The highest BCUT2D eigenvalue weighted by molar-refractivity contribution is 6.32. The molecule has 2 rings (SSSR count). The van der Waals surface area contributed by atoms with Gasteiger partial charge in [0, 0.05) is 6.54 Å². The standard InChI is InChI=1S/C15H14ClFN2O/c1-10-3-2-4-11(7-10)5-6-18-15(20)13-8-12(17)9-19-14(13)16/h2-4,7-9H,5-6H2,1H3,(H,18,20). The molecule has 0 aliphatic carbocycles. The Morgan fingerprint density at radius 3 is 2.95 bits per heavy atom. The summed E-state index contributed by atoms with van der Waals surface area (Å²) < 4.78 is 13.0. The normalized spacial score (nSPS) is 10.3. The van der Waals surface area contributed by atoms with Crippen molar-refractivity contribution in [3.63, 3.8) is 0 Å². The van der Waals surface area contributed by atoms with Crippen LogP contribution in [0.5, 0.6) is 0 Å². The number of carbonyl (C=O) groups excluding carboxylic acids is 1. The Morgan fingerprint density at radius 2 is 2.20 bits per heavy atom. The van der Waals surface area contributed by atoms with Crippen LogP contribution in [0.4, 0.5) is 4.39 Å². The minimum atomic E-state index is -0.585. The van der Waals surface area contributed by atoms with Gasteiger partial charge in [-0.3, -0.25) is 4.79 Å². The van der Waals surface area contributed by atoms with Gasteiger partial charge in [0.1, 0.15) is 11.0 Å². The van der Waals surface area contributed by atoms with Crippen molar-refractivity contribution in [3.8, 4) is 0 Å². The second-order valence-electron chi connectivity index (χ2n) is 4.49. The van der Waals surface area contributed by atoms with Crippen molar-refractivity contribution in [2.75, 3.05) is 6.54 Å². The van der Waals surface area contributed by atoms with E-state index < -0.39 is 11.7 Å². The summed E-state index contributed by atoms with van der Waals surface area (Å²) in [5.74, 6) is -1.01. The number of carbonyl (C=O) groups is 1. The lowest BCUT2D eigenvalue weighted by Gasteiger charge is -2.07. The molecular formula is C15H14ClFN2O. The molecule has 0 fully saturated rings. The van der Waals surface area contributed by atoms with Crippen molar-refractivity contribution in [3.05, 3.63) is 64.2 Å². The van der Waals surface area contributed by atoms with Gasteiger partial charge in [0.25, 0.3) is 5.91 Å². The first-order valence-electron chi connectivity index (χ1n) is 6.21. The molecule has 0 aliphatic heterocycles. The molecule has 20 heavy (non-hydrogen) atoms. The topological polar surface area (TPSA) is 42.0 Å². The fraction of sp³-hybridized carbons (Fsp3) is 0.200. The van der Waals surface area contributed by atoms with Crippen LogP contribution >= 0.6 is 11.6 Å². The molecule has 104 valence electrons. The fourth-order valence-electron chi connectivity index (χ4n) is 1.87. The number of nitrogens with one attached hydrogen (secondary N) is 1. The largest absolute Gasteiger partial charge is 0.352 e. The molecule has 1 N–H and O–H groups in total. The first-order valence-corrected chi connectivity index (χ1v) is 6.59. The summed E-state index contributed by atoms with van der Waals surface area (Å²) >= 11 is 5.77. The van der Waals surface area contributed by atoms with E-state index in [2.05, 4.69) is 16.4 Å². The van der Waals surface area contributed by atoms with Crippen LogP contribution in [-0.4, -0.2) is 17.4 Å². The number of amides is 1. The van der Waals surface area contributed by atoms with Crippen LogP contribution in [0, 0.1) is 12.7 Å². The maximum atomic E-state index is 13.0. The van der Waals surface area contributed by atoms with E-state index in [9.17, 15) is 9.18 Å². The lowest BCUT2D eigenvalue weighted by atomic mass is 10.1. The Labute approximate surface area is 121 Å². The molecule has 0 unspecified atom stereocenters. The molecule has 0 aliphatic rings. The Morgan fingerprint density at radius 1 is 1.40 bits per heavy atom. The molecule has 0 radical (unpaired) electrons. The molecule has 0 saturated heterocycles. The van der Waals surface area contributed by atoms with Gasteiger partial charge in [-0.15, -0.1) is 0 Å². The van der Waals surface area contributed by atoms with Crippen molar-refractivity contribution in [2.45, 2.75) is 13.3 Å². The predicted molar refractivity (Wildman–Crippen MR) is 76.4 cm³/mol. The van der Waals surface area contributed by atoms with Crippen molar-refractivity contribution >= 4 is 17.5 Å². The Hall–Kier alpha value is -1.94. The van der Waals surface area contributed by atoms with Crippen molar-refractivity contribution < 1.29 is 9.18 Å². The van der Waals surface area contributed by atoms with Gasteiger partial charge in [0.05, 0.1) is 11.8 Å². The summed E-state index contributed by atoms with van der Waals surface area (Å²) in [6.45, 7) is 2.47. The first kappa shape index (κ1) is 14.5. The number of nitrogens with zero attached hydrogens (tertiary/aromatic N) is 1. The zero-order valence-electron chi connectivity index (χ0n) is 11.0. The molecule has 5 heteroatoms. The molecule has 0 bridgehead atoms. The highest BCUT2D eigenvalue weighted by Gasteiger charge is 2.12. The number of hydrogen-bond acceptors (Lipinski definition) is 2. The number of aromatic nitrogens is 1. The van der Waals surface area contributed by atoms with Gasteiger partial charge in [-0.2, -0.15) is 0 Å². The van der Waals surface area contributed by atoms with E-state index >= 15 is 0 Å². The van der Waals surface area contributed by atoms with Crippen LogP contribution in [0.25, 0.3) is 0 Å². The van der Waals surface area contributed by atoms with E-state index in [-0.39, 0.29) is 10.7 Å². The van der Waals surface area contributed by atoms with E-state index in [1.807, 2.05) is 25.1 Å². The summed E-state index contributed by atoms with van der Waals surface area (Å²) in [5.41, 5.74) is 2.36. The minimum Gasteiger partial charge on any atom is -0.352 e. The third kappa shape index (κ3) is 3.78. The number of rotatable bonds is 4. The number of benzene rings is 1. The van der Waals surface area contributed by atoms with E-state index in [0.29, 0.717) is 13.0 Å². The lowest BCUT2D eigenvalue weighted by Crippen LogP contribution is -2.26. The molecule has 1 aromatic carbocycles. The quantitative estimate of drug-likeness (QED) is 0.880. The minimum absolute atomic E-state index is 0.000504. The van der Waals surface area contributed by atoms with Crippen molar-refractivity contribution in [2.24, 2.45) is 0 Å². The predicted octanol–water partition coefficient (Wildman–Crippen LogP) is 3.16. The van der Waals surface area contributed by atoms with E-state index in [1.54, 1.807) is 0 Å². The third-order valence-corrected chi connectivity index (χ3v) is 3.13. The van der Waals surface area contributed by atoms with Crippen LogP contribution < -0.4 is 5.32 Å². The van der Waals surface area contributed by atoms with Crippen molar-refractivity contribution in [1.29, 1.82) is 0 Å². The summed E-state index contributed by atoms with van der Waals surface area (Å²) in [6.07, 6.45) is 1.68. The Kier molecular flexibility index (Phi) is 4.69. The number of aryl methyl sites for hydroxylation is 1. The molecule has 1 heterocycles. The summed E-state index contributed by atoms with van der Waals surface area (Å²) in [5, 5.41) is 2.70. The second kappa shape index (κ2) is 6.48. The van der Waals surface area contributed by atoms with Gasteiger partial charge in [-0.05, 0) is 25.0 Å². The number of halogens is 2. The fourth-order valence-corrected chi connectivity index (χ4v) is 2.05.